The molecule has 0 atom stereocenters. The fourth-order valence-corrected chi connectivity index (χ4v) is 4.24. The van der Waals surface area contributed by atoms with E-state index in [-0.39, 0.29) is 5.91 Å². The van der Waals surface area contributed by atoms with Crippen LogP contribution in [0.3, 0.4) is 0 Å². The summed E-state index contributed by atoms with van der Waals surface area (Å²) in [6.45, 7) is 7.69. The molecule has 5 nitrogen and oxygen atoms in total. The zero-order valence-electron chi connectivity index (χ0n) is 16.8. The van der Waals surface area contributed by atoms with Crippen molar-refractivity contribution in [1.29, 1.82) is 0 Å². The highest BCUT2D eigenvalue weighted by atomic mass is 32.2. The third-order valence-corrected chi connectivity index (χ3v) is 5.72. The normalized spacial score (nSPS) is 14.5. The van der Waals surface area contributed by atoms with Crippen molar-refractivity contribution >= 4 is 23.4 Å². The zero-order valence-corrected chi connectivity index (χ0v) is 17.6. The van der Waals surface area contributed by atoms with Gasteiger partial charge in [0.05, 0.1) is 13.7 Å². The van der Waals surface area contributed by atoms with Crippen molar-refractivity contribution in [3.05, 3.63) is 53.1 Å². The Balaban J connectivity index is 1.69. The summed E-state index contributed by atoms with van der Waals surface area (Å²) >= 11 is 2.02. The second kappa shape index (κ2) is 9.85. The summed E-state index contributed by atoms with van der Waals surface area (Å²) < 4.78 is 10.9. The number of aryl methyl sites for hydroxylation is 1. The van der Waals surface area contributed by atoms with Crippen LogP contribution in [0.1, 0.15) is 28.4 Å². The fraction of sp³-hybridized carbons (Fsp3) is 0.409. The first-order valence-corrected chi connectivity index (χ1v) is 10.8. The molecular formula is C22H28N2O3S. The van der Waals surface area contributed by atoms with Gasteiger partial charge in [-0.1, -0.05) is 12.1 Å². The summed E-state index contributed by atoms with van der Waals surface area (Å²) in [5.41, 5.74) is 3.72. The van der Waals surface area contributed by atoms with Crippen LogP contribution in [0.4, 0.5) is 5.69 Å². The van der Waals surface area contributed by atoms with Gasteiger partial charge in [0, 0.05) is 42.4 Å². The van der Waals surface area contributed by atoms with E-state index in [1.807, 2.05) is 31.7 Å². The maximum Gasteiger partial charge on any atom is 0.255 e. The molecule has 1 fully saturated rings. The fourth-order valence-electron chi connectivity index (χ4n) is 3.26. The van der Waals surface area contributed by atoms with E-state index < -0.39 is 0 Å². The van der Waals surface area contributed by atoms with E-state index in [0.717, 1.165) is 30.9 Å². The third-order valence-electron chi connectivity index (χ3n) is 4.77. The van der Waals surface area contributed by atoms with Gasteiger partial charge in [-0.2, -0.15) is 11.8 Å². The maximum absolute atomic E-state index is 12.7. The Bertz CT molecular complexity index is 819. The number of thioether (sulfide) groups is 1. The van der Waals surface area contributed by atoms with E-state index in [2.05, 4.69) is 22.3 Å². The Hall–Kier alpha value is -2.18. The summed E-state index contributed by atoms with van der Waals surface area (Å²) in [6, 6.07) is 11.5. The summed E-state index contributed by atoms with van der Waals surface area (Å²) in [4.78, 5) is 15.2. The van der Waals surface area contributed by atoms with Gasteiger partial charge in [-0.25, -0.2) is 0 Å². The molecule has 0 spiro atoms. The first kappa shape index (κ1) is 20.6. The zero-order chi connectivity index (χ0) is 19.9. The molecule has 6 heteroatoms. The molecule has 1 N–H and O–H groups in total. The third kappa shape index (κ3) is 5.20. The molecule has 0 saturated carbocycles. The largest absolute Gasteiger partial charge is 0.493 e. The Kier molecular flexibility index (Phi) is 7.23. The standard InChI is InChI=1S/C22H28N2O3S/c1-4-27-21-14-18(6-8-20(21)26-3)22(25)23-19-7-5-17(13-16(19)2)15-24-9-11-28-12-10-24/h5-8,13-14H,4,9-12,15H2,1-3H3,(H,23,25). The lowest BCUT2D eigenvalue weighted by atomic mass is 10.1. The Morgan fingerprint density at radius 2 is 1.93 bits per heavy atom. The monoisotopic (exact) mass is 400 g/mol. The van der Waals surface area contributed by atoms with Gasteiger partial charge in [0.15, 0.2) is 11.5 Å². The second-order valence-electron chi connectivity index (χ2n) is 6.79. The maximum atomic E-state index is 12.7. The highest BCUT2D eigenvalue weighted by Gasteiger charge is 2.14. The SMILES string of the molecule is CCOc1cc(C(=O)Nc2ccc(CN3CCSCC3)cc2C)ccc1OC. The lowest BCUT2D eigenvalue weighted by Gasteiger charge is -2.26. The number of anilines is 1. The quantitative estimate of drug-likeness (QED) is 0.755. The smallest absolute Gasteiger partial charge is 0.255 e. The Morgan fingerprint density at radius 3 is 2.61 bits per heavy atom. The van der Waals surface area contributed by atoms with E-state index in [4.69, 9.17) is 9.47 Å². The van der Waals surface area contributed by atoms with E-state index in [9.17, 15) is 4.79 Å². The summed E-state index contributed by atoms with van der Waals surface area (Å²) in [6.07, 6.45) is 0. The number of ether oxygens (including phenoxy) is 2. The van der Waals surface area contributed by atoms with Gasteiger partial charge < -0.3 is 14.8 Å². The molecule has 2 aromatic carbocycles. The average molecular weight is 401 g/mol. The van der Waals surface area contributed by atoms with Gasteiger partial charge in [-0.15, -0.1) is 0 Å². The van der Waals surface area contributed by atoms with Crippen molar-refractivity contribution in [3.63, 3.8) is 0 Å². The van der Waals surface area contributed by atoms with E-state index in [1.54, 1.807) is 25.3 Å². The lowest BCUT2D eigenvalue weighted by Crippen LogP contribution is -2.31. The van der Waals surface area contributed by atoms with Gasteiger partial charge in [0.25, 0.3) is 5.91 Å². The Labute approximate surface area is 171 Å². The Morgan fingerprint density at radius 1 is 1.14 bits per heavy atom. The lowest BCUT2D eigenvalue weighted by molar-refractivity contribution is 0.102. The molecule has 1 amide bonds. The van der Waals surface area contributed by atoms with Gasteiger partial charge in [0.1, 0.15) is 0 Å². The molecule has 150 valence electrons. The van der Waals surface area contributed by atoms with Crippen LogP contribution in [-0.4, -0.2) is 49.1 Å². The van der Waals surface area contributed by atoms with Crippen LogP contribution < -0.4 is 14.8 Å². The minimum Gasteiger partial charge on any atom is -0.493 e. The van der Waals surface area contributed by atoms with E-state index in [1.165, 1.54) is 17.1 Å². The molecule has 0 bridgehead atoms. The molecule has 0 unspecified atom stereocenters. The number of nitrogens with zero attached hydrogens (tertiary/aromatic N) is 1. The molecule has 1 saturated heterocycles. The van der Waals surface area contributed by atoms with Crippen LogP contribution in [-0.2, 0) is 6.54 Å². The van der Waals surface area contributed by atoms with Gasteiger partial charge in [0.2, 0.25) is 0 Å². The van der Waals surface area contributed by atoms with Crippen molar-refractivity contribution in [3.8, 4) is 11.5 Å². The number of nitrogens with one attached hydrogen (secondary N) is 1. The molecule has 2 aromatic rings. The summed E-state index contributed by atoms with van der Waals surface area (Å²) in [7, 11) is 1.59. The first-order chi connectivity index (χ1) is 13.6. The average Bonchev–Trinajstić information content (AvgIpc) is 2.71. The summed E-state index contributed by atoms with van der Waals surface area (Å²) in [5.74, 6) is 3.45. The number of carbonyl (C=O) groups excluding carboxylic acids is 1. The van der Waals surface area contributed by atoms with E-state index >= 15 is 0 Å². The molecule has 1 heterocycles. The predicted molar refractivity (Wildman–Crippen MR) is 116 cm³/mol. The number of amides is 1. The van der Waals surface area contributed by atoms with Crippen molar-refractivity contribution in [1.82, 2.24) is 4.90 Å². The number of carbonyl (C=O) groups is 1. The molecule has 1 aliphatic heterocycles. The summed E-state index contributed by atoms with van der Waals surface area (Å²) in [5, 5.41) is 3.01. The minimum atomic E-state index is -0.160. The minimum absolute atomic E-state index is 0.160. The molecule has 0 aliphatic carbocycles. The van der Waals surface area contributed by atoms with Crippen LogP contribution in [0.15, 0.2) is 36.4 Å². The first-order valence-electron chi connectivity index (χ1n) is 9.62. The topological polar surface area (TPSA) is 50.8 Å². The van der Waals surface area contributed by atoms with Crippen molar-refractivity contribution in [2.75, 3.05) is 43.6 Å². The highest BCUT2D eigenvalue weighted by Crippen LogP contribution is 2.28. The van der Waals surface area contributed by atoms with Crippen LogP contribution in [0.25, 0.3) is 0 Å². The molecule has 3 rings (SSSR count). The highest BCUT2D eigenvalue weighted by molar-refractivity contribution is 7.99. The van der Waals surface area contributed by atoms with Gasteiger partial charge >= 0.3 is 0 Å². The number of benzene rings is 2. The predicted octanol–water partition coefficient (Wildman–Crippen LogP) is 4.20. The van der Waals surface area contributed by atoms with Crippen LogP contribution in [0.5, 0.6) is 11.5 Å². The van der Waals surface area contributed by atoms with Crippen LogP contribution >= 0.6 is 11.8 Å². The molecule has 0 radical (unpaired) electrons. The van der Waals surface area contributed by atoms with Crippen LogP contribution in [0.2, 0.25) is 0 Å². The number of rotatable bonds is 7. The van der Waals surface area contributed by atoms with Crippen LogP contribution in [0, 0.1) is 6.92 Å². The number of methoxy groups -OCH3 is 1. The van der Waals surface area contributed by atoms with Crippen molar-refractivity contribution < 1.29 is 14.3 Å². The van der Waals surface area contributed by atoms with Gasteiger partial charge in [-0.3, -0.25) is 9.69 Å². The molecular weight excluding hydrogens is 372 g/mol. The molecule has 0 aromatic heterocycles. The number of hydrogen-bond acceptors (Lipinski definition) is 5. The number of hydrogen-bond donors (Lipinski definition) is 1. The second-order valence-corrected chi connectivity index (χ2v) is 8.02. The van der Waals surface area contributed by atoms with Crippen molar-refractivity contribution in [2.24, 2.45) is 0 Å². The van der Waals surface area contributed by atoms with E-state index in [0.29, 0.717) is 23.7 Å². The van der Waals surface area contributed by atoms with Gasteiger partial charge in [-0.05, 0) is 49.2 Å². The molecule has 28 heavy (non-hydrogen) atoms. The van der Waals surface area contributed by atoms with Crippen molar-refractivity contribution in [2.45, 2.75) is 20.4 Å². The molecule has 1 aliphatic rings.